The van der Waals surface area contributed by atoms with E-state index in [2.05, 4.69) is 0 Å². The molecule has 2 nitrogen and oxygen atoms in total. The van der Waals surface area contributed by atoms with Gasteiger partial charge in [0, 0.05) is 0 Å². The molecule has 0 heterocycles. The molecule has 0 aliphatic heterocycles. The molecular weight excluding hydrogens is 138 g/mol. The Balaban J connectivity index is 0.000000461. The first-order valence-corrected chi connectivity index (χ1v) is 4.52. The second kappa shape index (κ2) is 5.30. The maximum absolute atomic E-state index is 10.4. The molecule has 66 valence electrons. The van der Waals surface area contributed by atoms with Gasteiger partial charge in [0.2, 0.25) is 0 Å². The molecule has 0 aromatic carbocycles. The highest BCUT2D eigenvalue weighted by molar-refractivity contribution is 5.63. The Morgan fingerprint density at radius 3 is 1.91 bits per heavy atom. The lowest BCUT2D eigenvalue weighted by atomic mass is 9.84. The summed E-state index contributed by atoms with van der Waals surface area (Å²) in [6.07, 6.45) is 6.16. The first-order valence-electron chi connectivity index (χ1n) is 4.52. The molecule has 1 aliphatic rings. The quantitative estimate of drug-likeness (QED) is 0.590. The summed E-state index contributed by atoms with van der Waals surface area (Å²) in [4.78, 5) is 10.4. The van der Waals surface area contributed by atoms with Crippen molar-refractivity contribution in [2.45, 2.75) is 51.5 Å². The number of hydrogen-bond donors (Lipinski definition) is 1. The molecule has 0 atom stereocenters. The molecular formula is C9H19NO. The molecule has 2 heteroatoms. The van der Waals surface area contributed by atoms with Crippen LogP contribution < -0.4 is 5.73 Å². The molecule has 0 saturated heterocycles. The smallest absolute Gasteiger partial charge is 0.139 e. The van der Waals surface area contributed by atoms with E-state index in [4.69, 9.17) is 5.73 Å². The van der Waals surface area contributed by atoms with Crippen LogP contribution in [0.1, 0.15) is 46.0 Å². The molecule has 0 radical (unpaired) electrons. The molecule has 0 bridgehead atoms. The van der Waals surface area contributed by atoms with Crippen LogP contribution in [0.25, 0.3) is 0 Å². The number of hydrogen-bond acceptors (Lipinski definition) is 2. The van der Waals surface area contributed by atoms with E-state index in [1.165, 1.54) is 6.42 Å². The summed E-state index contributed by atoms with van der Waals surface area (Å²) in [6.45, 7) is 4.00. The minimum atomic E-state index is -0.460. The number of carbonyl (C=O) groups excluding carboxylic acids is 1. The molecule has 0 aromatic heterocycles. The van der Waals surface area contributed by atoms with Crippen molar-refractivity contribution in [1.82, 2.24) is 0 Å². The van der Waals surface area contributed by atoms with Gasteiger partial charge in [-0.1, -0.05) is 33.1 Å². The summed E-state index contributed by atoms with van der Waals surface area (Å²) in [6, 6.07) is 0. The monoisotopic (exact) mass is 157 g/mol. The van der Waals surface area contributed by atoms with Gasteiger partial charge in [-0.05, 0) is 12.8 Å². The Kier molecular flexibility index (Phi) is 5.12. The van der Waals surface area contributed by atoms with Crippen molar-refractivity contribution in [3.8, 4) is 0 Å². The summed E-state index contributed by atoms with van der Waals surface area (Å²) in [5.74, 6) is 0. The van der Waals surface area contributed by atoms with Crippen LogP contribution in [0.2, 0.25) is 0 Å². The van der Waals surface area contributed by atoms with Gasteiger partial charge in [-0.25, -0.2) is 0 Å². The Hall–Kier alpha value is -0.370. The van der Waals surface area contributed by atoms with E-state index in [9.17, 15) is 4.79 Å². The van der Waals surface area contributed by atoms with Crippen molar-refractivity contribution in [2.75, 3.05) is 0 Å². The van der Waals surface area contributed by atoms with Crippen molar-refractivity contribution >= 4 is 6.29 Å². The van der Waals surface area contributed by atoms with Gasteiger partial charge in [0.25, 0.3) is 0 Å². The fraction of sp³-hybridized carbons (Fsp3) is 0.889. The fourth-order valence-corrected chi connectivity index (χ4v) is 1.33. The van der Waals surface area contributed by atoms with Crippen molar-refractivity contribution in [1.29, 1.82) is 0 Å². The van der Waals surface area contributed by atoms with E-state index in [0.29, 0.717) is 0 Å². The highest BCUT2D eigenvalue weighted by Crippen LogP contribution is 2.23. The molecule has 1 fully saturated rings. The van der Waals surface area contributed by atoms with Gasteiger partial charge in [-0.2, -0.15) is 0 Å². The number of rotatable bonds is 1. The maximum Gasteiger partial charge on any atom is 0.139 e. The second-order valence-corrected chi connectivity index (χ2v) is 2.91. The van der Waals surface area contributed by atoms with Gasteiger partial charge in [-0.3, -0.25) is 0 Å². The van der Waals surface area contributed by atoms with E-state index in [-0.39, 0.29) is 0 Å². The molecule has 0 spiro atoms. The lowest BCUT2D eigenvalue weighted by Crippen LogP contribution is -2.43. The van der Waals surface area contributed by atoms with Gasteiger partial charge in [0.05, 0.1) is 5.54 Å². The van der Waals surface area contributed by atoms with Crippen molar-refractivity contribution in [3.05, 3.63) is 0 Å². The third-order valence-electron chi connectivity index (χ3n) is 2.02. The normalized spacial score (nSPS) is 21.4. The SMILES string of the molecule is CC.NC1(C=O)CCCCC1. The number of nitrogens with two attached hydrogens (primary N) is 1. The van der Waals surface area contributed by atoms with Gasteiger partial charge < -0.3 is 10.5 Å². The van der Waals surface area contributed by atoms with Crippen LogP contribution >= 0.6 is 0 Å². The lowest BCUT2D eigenvalue weighted by Gasteiger charge is -2.26. The third-order valence-corrected chi connectivity index (χ3v) is 2.02. The van der Waals surface area contributed by atoms with Gasteiger partial charge >= 0.3 is 0 Å². The zero-order valence-corrected chi connectivity index (χ0v) is 7.60. The molecule has 1 aliphatic carbocycles. The van der Waals surface area contributed by atoms with Gasteiger partial charge in [0.1, 0.15) is 6.29 Å². The van der Waals surface area contributed by atoms with E-state index >= 15 is 0 Å². The van der Waals surface area contributed by atoms with E-state index in [1.807, 2.05) is 13.8 Å². The molecule has 0 unspecified atom stereocenters. The van der Waals surface area contributed by atoms with Crippen LogP contribution in [0, 0.1) is 0 Å². The predicted octanol–water partition coefficient (Wildman–Crippen LogP) is 1.87. The van der Waals surface area contributed by atoms with Gasteiger partial charge in [0.15, 0.2) is 0 Å². The highest BCUT2D eigenvalue weighted by Gasteiger charge is 2.25. The van der Waals surface area contributed by atoms with Crippen LogP contribution in [-0.4, -0.2) is 11.8 Å². The molecule has 1 saturated carbocycles. The summed E-state index contributed by atoms with van der Waals surface area (Å²) < 4.78 is 0. The Morgan fingerprint density at radius 1 is 1.18 bits per heavy atom. The Labute approximate surface area is 69.2 Å². The van der Waals surface area contributed by atoms with Crippen LogP contribution in [0.5, 0.6) is 0 Å². The van der Waals surface area contributed by atoms with E-state index in [1.54, 1.807) is 0 Å². The van der Waals surface area contributed by atoms with Crippen LogP contribution in [0.15, 0.2) is 0 Å². The standard InChI is InChI=1S/C7H13NO.C2H6/c8-7(6-9)4-2-1-3-5-7;1-2/h6H,1-5,8H2;1-2H3. The summed E-state index contributed by atoms with van der Waals surface area (Å²) >= 11 is 0. The van der Waals surface area contributed by atoms with Crippen LogP contribution in [0.3, 0.4) is 0 Å². The average Bonchev–Trinajstić information content (AvgIpc) is 2.10. The van der Waals surface area contributed by atoms with Gasteiger partial charge in [-0.15, -0.1) is 0 Å². The van der Waals surface area contributed by atoms with Crippen LogP contribution in [-0.2, 0) is 4.79 Å². The maximum atomic E-state index is 10.4. The van der Waals surface area contributed by atoms with E-state index in [0.717, 1.165) is 32.0 Å². The lowest BCUT2D eigenvalue weighted by molar-refractivity contribution is -0.113. The first-order chi connectivity index (χ1) is 5.27. The Morgan fingerprint density at radius 2 is 1.64 bits per heavy atom. The molecule has 0 amide bonds. The van der Waals surface area contributed by atoms with Crippen molar-refractivity contribution < 1.29 is 4.79 Å². The Bertz CT molecular complexity index is 106. The minimum absolute atomic E-state index is 0.460. The number of carbonyl (C=O) groups is 1. The van der Waals surface area contributed by atoms with Crippen molar-refractivity contribution in [2.24, 2.45) is 5.73 Å². The highest BCUT2D eigenvalue weighted by atomic mass is 16.1. The summed E-state index contributed by atoms with van der Waals surface area (Å²) in [5, 5.41) is 0. The zero-order chi connectivity index (χ0) is 8.74. The fourth-order valence-electron chi connectivity index (χ4n) is 1.33. The van der Waals surface area contributed by atoms with E-state index < -0.39 is 5.54 Å². The minimum Gasteiger partial charge on any atom is -0.319 e. The summed E-state index contributed by atoms with van der Waals surface area (Å²) in [5.41, 5.74) is 5.23. The second-order valence-electron chi connectivity index (χ2n) is 2.91. The first kappa shape index (κ1) is 10.6. The zero-order valence-electron chi connectivity index (χ0n) is 7.60. The average molecular weight is 157 g/mol. The van der Waals surface area contributed by atoms with Crippen molar-refractivity contribution in [3.63, 3.8) is 0 Å². The molecule has 1 rings (SSSR count). The topological polar surface area (TPSA) is 43.1 Å². The third kappa shape index (κ3) is 3.51. The van der Waals surface area contributed by atoms with Crippen LogP contribution in [0.4, 0.5) is 0 Å². The molecule has 11 heavy (non-hydrogen) atoms. The molecule has 0 aromatic rings. The predicted molar refractivity (Wildman–Crippen MR) is 47.4 cm³/mol. The largest absolute Gasteiger partial charge is 0.319 e. The number of aldehydes is 1. The summed E-state index contributed by atoms with van der Waals surface area (Å²) in [7, 11) is 0. The molecule has 2 N–H and O–H groups in total.